The molecule has 0 saturated heterocycles. The van der Waals surface area contributed by atoms with Gasteiger partial charge in [0.25, 0.3) is 0 Å². The first kappa shape index (κ1) is 12.9. The van der Waals surface area contributed by atoms with E-state index >= 15 is 0 Å². The minimum atomic E-state index is 0.544. The Morgan fingerprint density at radius 2 is 1.33 bits per heavy atom. The number of anilines is 3. The Hall–Kier alpha value is -1.59. The molecule has 2 rings (SSSR count). The molecule has 0 aliphatic rings. The van der Waals surface area contributed by atoms with Crippen molar-refractivity contribution in [3.05, 3.63) is 53.0 Å². The lowest BCUT2D eigenvalue weighted by molar-refractivity contribution is 1.58. The van der Waals surface area contributed by atoms with Gasteiger partial charge in [-0.05, 0) is 60.7 Å². The van der Waals surface area contributed by atoms with Gasteiger partial charge in [-0.3, -0.25) is 0 Å². The molecule has 0 saturated carbocycles. The standard InChI is InChI=1S/C13H12BrN3S/c14-9-1-5-11(6-2-9)16-13(18)17-12-7-3-10(15)4-8-12/h1-8H,15H2,(H2,16,17,18). The van der Waals surface area contributed by atoms with Crippen LogP contribution < -0.4 is 16.4 Å². The summed E-state index contributed by atoms with van der Waals surface area (Å²) in [6, 6.07) is 15.2. The van der Waals surface area contributed by atoms with Gasteiger partial charge < -0.3 is 16.4 Å². The number of thiocarbonyl (C=S) groups is 1. The third-order valence-corrected chi connectivity index (χ3v) is 3.00. The van der Waals surface area contributed by atoms with E-state index in [0.29, 0.717) is 5.11 Å². The molecule has 3 nitrogen and oxygen atoms in total. The number of nitrogens with one attached hydrogen (secondary N) is 2. The van der Waals surface area contributed by atoms with Crippen LogP contribution in [0.3, 0.4) is 0 Å². The van der Waals surface area contributed by atoms with Crippen LogP contribution in [0.25, 0.3) is 0 Å². The molecular formula is C13H12BrN3S. The Kier molecular flexibility index (Phi) is 4.17. The number of rotatable bonds is 2. The summed E-state index contributed by atoms with van der Waals surface area (Å²) >= 11 is 8.60. The van der Waals surface area contributed by atoms with Crippen LogP contribution in [0.1, 0.15) is 0 Å². The highest BCUT2D eigenvalue weighted by Crippen LogP contribution is 2.15. The molecule has 0 spiro atoms. The summed E-state index contributed by atoms with van der Waals surface area (Å²) in [6.07, 6.45) is 0. The molecule has 0 aliphatic carbocycles. The number of halogens is 1. The lowest BCUT2D eigenvalue weighted by atomic mass is 10.3. The van der Waals surface area contributed by atoms with Crippen LogP contribution in [0.2, 0.25) is 0 Å². The third kappa shape index (κ3) is 3.72. The van der Waals surface area contributed by atoms with Gasteiger partial charge in [0.2, 0.25) is 0 Å². The molecule has 0 heterocycles. The fourth-order valence-corrected chi connectivity index (χ4v) is 1.89. The van der Waals surface area contributed by atoms with E-state index in [0.717, 1.165) is 21.5 Å². The molecule has 2 aromatic rings. The summed E-state index contributed by atoms with van der Waals surface area (Å²) < 4.78 is 1.03. The monoisotopic (exact) mass is 321 g/mol. The first-order chi connectivity index (χ1) is 8.63. The highest BCUT2D eigenvalue weighted by Gasteiger charge is 1.98. The summed E-state index contributed by atoms with van der Waals surface area (Å²) in [5.41, 5.74) is 8.18. The zero-order valence-corrected chi connectivity index (χ0v) is 11.9. The third-order valence-electron chi connectivity index (χ3n) is 2.27. The molecule has 4 N–H and O–H groups in total. The molecule has 0 fully saturated rings. The second-order valence-electron chi connectivity index (χ2n) is 3.71. The van der Waals surface area contributed by atoms with Crippen LogP contribution in [-0.2, 0) is 0 Å². The van der Waals surface area contributed by atoms with Gasteiger partial charge in [-0.2, -0.15) is 0 Å². The van der Waals surface area contributed by atoms with Crippen molar-refractivity contribution in [2.45, 2.75) is 0 Å². The number of hydrogen-bond donors (Lipinski definition) is 3. The van der Waals surface area contributed by atoms with Crippen molar-refractivity contribution >= 4 is 50.3 Å². The molecule has 5 heteroatoms. The zero-order valence-electron chi connectivity index (χ0n) is 9.48. The molecule has 0 amide bonds. The van der Waals surface area contributed by atoms with Crippen LogP contribution in [0.5, 0.6) is 0 Å². The summed E-state index contributed by atoms with van der Waals surface area (Å²) in [7, 11) is 0. The van der Waals surface area contributed by atoms with Crippen molar-refractivity contribution in [2.75, 3.05) is 16.4 Å². The molecule has 0 aromatic heterocycles. The molecule has 0 bridgehead atoms. The van der Waals surface area contributed by atoms with Gasteiger partial charge in [0.05, 0.1) is 0 Å². The van der Waals surface area contributed by atoms with Gasteiger partial charge in [-0.1, -0.05) is 15.9 Å². The Balaban J connectivity index is 1.96. The molecular weight excluding hydrogens is 310 g/mol. The summed E-state index contributed by atoms with van der Waals surface area (Å²) in [5, 5.41) is 6.73. The number of benzene rings is 2. The molecule has 2 aromatic carbocycles. The topological polar surface area (TPSA) is 50.1 Å². The van der Waals surface area contributed by atoms with Crippen LogP contribution >= 0.6 is 28.1 Å². The maximum atomic E-state index is 5.61. The largest absolute Gasteiger partial charge is 0.399 e. The van der Waals surface area contributed by atoms with Crippen molar-refractivity contribution in [3.63, 3.8) is 0 Å². The van der Waals surface area contributed by atoms with Gasteiger partial charge >= 0.3 is 0 Å². The number of nitrogens with two attached hydrogens (primary N) is 1. The fourth-order valence-electron chi connectivity index (χ4n) is 1.39. The fraction of sp³-hybridized carbons (Fsp3) is 0. The van der Waals surface area contributed by atoms with Crippen LogP contribution in [0, 0.1) is 0 Å². The van der Waals surface area contributed by atoms with E-state index in [-0.39, 0.29) is 0 Å². The summed E-state index contributed by atoms with van der Waals surface area (Å²) in [6.45, 7) is 0. The Morgan fingerprint density at radius 3 is 1.83 bits per heavy atom. The van der Waals surface area contributed by atoms with E-state index < -0.39 is 0 Å². The van der Waals surface area contributed by atoms with Crippen molar-refractivity contribution in [2.24, 2.45) is 0 Å². The average molecular weight is 322 g/mol. The van der Waals surface area contributed by atoms with Crippen molar-refractivity contribution < 1.29 is 0 Å². The molecule has 0 radical (unpaired) electrons. The average Bonchev–Trinajstić information content (AvgIpc) is 2.35. The normalized spacial score (nSPS) is 9.83. The first-order valence-corrected chi connectivity index (χ1v) is 6.53. The number of hydrogen-bond acceptors (Lipinski definition) is 2. The quantitative estimate of drug-likeness (QED) is 0.581. The highest BCUT2D eigenvalue weighted by atomic mass is 79.9. The number of nitrogen functional groups attached to an aromatic ring is 1. The zero-order chi connectivity index (χ0) is 13.0. The van der Waals surface area contributed by atoms with Gasteiger partial charge in [0.1, 0.15) is 0 Å². The van der Waals surface area contributed by atoms with E-state index in [1.54, 1.807) is 0 Å². The van der Waals surface area contributed by atoms with E-state index in [1.807, 2.05) is 48.5 Å². The van der Waals surface area contributed by atoms with E-state index in [1.165, 1.54) is 0 Å². The molecule has 92 valence electrons. The van der Waals surface area contributed by atoms with Crippen molar-refractivity contribution in [3.8, 4) is 0 Å². The van der Waals surface area contributed by atoms with Crippen LogP contribution in [0.15, 0.2) is 53.0 Å². The van der Waals surface area contributed by atoms with Gasteiger partial charge in [0, 0.05) is 21.5 Å². The van der Waals surface area contributed by atoms with Gasteiger partial charge in [-0.15, -0.1) is 0 Å². The maximum absolute atomic E-state index is 5.61. The van der Waals surface area contributed by atoms with E-state index in [9.17, 15) is 0 Å². The minimum Gasteiger partial charge on any atom is -0.399 e. The molecule has 18 heavy (non-hydrogen) atoms. The predicted octanol–water partition coefficient (Wildman–Crippen LogP) is 3.84. The summed E-state index contributed by atoms with van der Waals surface area (Å²) in [4.78, 5) is 0. The van der Waals surface area contributed by atoms with Crippen molar-refractivity contribution in [1.82, 2.24) is 0 Å². The highest BCUT2D eigenvalue weighted by molar-refractivity contribution is 9.10. The molecule has 0 aliphatic heterocycles. The van der Waals surface area contributed by atoms with Gasteiger partial charge in [-0.25, -0.2) is 0 Å². The smallest absolute Gasteiger partial charge is 0.175 e. The second-order valence-corrected chi connectivity index (χ2v) is 5.03. The molecule has 0 unspecified atom stereocenters. The predicted molar refractivity (Wildman–Crippen MR) is 84.8 cm³/mol. The SMILES string of the molecule is Nc1ccc(NC(=S)Nc2ccc(Br)cc2)cc1. The maximum Gasteiger partial charge on any atom is 0.175 e. The lowest BCUT2D eigenvalue weighted by Crippen LogP contribution is -2.18. The molecule has 0 atom stereocenters. The first-order valence-electron chi connectivity index (χ1n) is 5.32. The van der Waals surface area contributed by atoms with E-state index in [2.05, 4.69) is 26.6 Å². The Bertz CT molecular complexity index is 488. The van der Waals surface area contributed by atoms with Gasteiger partial charge in [0.15, 0.2) is 5.11 Å². The minimum absolute atomic E-state index is 0.544. The van der Waals surface area contributed by atoms with Crippen molar-refractivity contribution in [1.29, 1.82) is 0 Å². The van der Waals surface area contributed by atoms with Crippen LogP contribution in [-0.4, -0.2) is 5.11 Å². The second kappa shape index (κ2) is 5.84. The lowest BCUT2D eigenvalue weighted by Gasteiger charge is -2.10. The summed E-state index contributed by atoms with van der Waals surface area (Å²) in [5.74, 6) is 0. The van der Waals surface area contributed by atoms with Crippen LogP contribution in [0.4, 0.5) is 17.1 Å². The Morgan fingerprint density at radius 1 is 0.889 bits per heavy atom. The van der Waals surface area contributed by atoms with E-state index in [4.69, 9.17) is 18.0 Å². The Labute approximate surface area is 120 Å².